The van der Waals surface area contributed by atoms with Crippen LogP contribution in [0.2, 0.25) is 0 Å². The molecule has 0 spiro atoms. The number of nitrogens with one attached hydrogen (secondary N) is 1. The van der Waals surface area contributed by atoms with Crippen LogP contribution in [0, 0.1) is 23.7 Å². The number of fused-ring (bicyclic) bond motifs is 2. The van der Waals surface area contributed by atoms with E-state index in [0.29, 0.717) is 29.7 Å². The third kappa shape index (κ3) is 2.46. The van der Waals surface area contributed by atoms with Crippen LogP contribution in [0.25, 0.3) is 0 Å². The minimum atomic E-state index is -0.155. The fourth-order valence-corrected chi connectivity index (χ4v) is 4.08. The van der Waals surface area contributed by atoms with E-state index in [-0.39, 0.29) is 12.0 Å². The van der Waals surface area contributed by atoms with Crippen LogP contribution in [0.4, 0.5) is 0 Å². The lowest BCUT2D eigenvalue weighted by Gasteiger charge is -2.35. The number of hydrogen-bond acceptors (Lipinski definition) is 2. The summed E-state index contributed by atoms with van der Waals surface area (Å²) >= 11 is 0. The molecule has 0 aliphatic heterocycles. The zero-order chi connectivity index (χ0) is 13.3. The number of hydrogen-bond donors (Lipinski definition) is 2. The molecule has 0 aromatic heterocycles. The predicted octanol–water partition coefficient (Wildman–Crippen LogP) is 2.11. The molecule has 0 radical (unpaired) electrons. The molecule has 2 bridgehead atoms. The second-order valence-corrected chi connectivity index (χ2v) is 6.04. The van der Waals surface area contributed by atoms with Gasteiger partial charge in [0.05, 0.1) is 6.10 Å². The Morgan fingerprint density at radius 3 is 2.83 bits per heavy atom. The molecule has 2 N–H and O–H groups in total. The summed E-state index contributed by atoms with van der Waals surface area (Å²) in [5.41, 5.74) is 0. The quantitative estimate of drug-likeness (QED) is 0.735. The molecule has 6 unspecified atom stereocenters. The van der Waals surface area contributed by atoms with Crippen LogP contribution in [0.5, 0.6) is 0 Å². The van der Waals surface area contributed by atoms with Gasteiger partial charge in [0.2, 0.25) is 5.91 Å². The maximum Gasteiger partial charge on any atom is 0.243 e. The van der Waals surface area contributed by atoms with E-state index in [1.807, 2.05) is 6.92 Å². The van der Waals surface area contributed by atoms with Gasteiger partial charge in [-0.25, -0.2) is 0 Å². The van der Waals surface area contributed by atoms with Crippen molar-refractivity contribution in [3.8, 4) is 0 Å². The van der Waals surface area contributed by atoms with Gasteiger partial charge in [0.15, 0.2) is 0 Å². The highest BCUT2D eigenvalue weighted by Gasteiger charge is 2.50. The largest absolute Gasteiger partial charge is 0.393 e. The van der Waals surface area contributed by atoms with Crippen molar-refractivity contribution in [1.82, 2.24) is 5.32 Å². The van der Waals surface area contributed by atoms with Gasteiger partial charge in [0.25, 0.3) is 0 Å². The van der Waals surface area contributed by atoms with E-state index in [0.717, 1.165) is 19.3 Å². The SMILES string of the molecule is C=CC(=O)NC1CC2CC1C(C)C2CC(O)CC. The van der Waals surface area contributed by atoms with Crippen molar-refractivity contribution in [2.45, 2.75) is 51.7 Å². The van der Waals surface area contributed by atoms with Crippen molar-refractivity contribution < 1.29 is 9.90 Å². The summed E-state index contributed by atoms with van der Waals surface area (Å²) in [6.45, 7) is 7.82. The van der Waals surface area contributed by atoms with Gasteiger partial charge in [0.1, 0.15) is 0 Å². The molecule has 3 nitrogen and oxygen atoms in total. The molecule has 2 saturated carbocycles. The summed E-state index contributed by atoms with van der Waals surface area (Å²) < 4.78 is 0. The van der Waals surface area contributed by atoms with E-state index in [1.54, 1.807) is 0 Å². The van der Waals surface area contributed by atoms with Gasteiger partial charge in [-0.15, -0.1) is 0 Å². The smallest absolute Gasteiger partial charge is 0.243 e. The summed E-state index contributed by atoms with van der Waals surface area (Å²) in [6, 6.07) is 0.325. The molecule has 3 heteroatoms. The lowest BCUT2D eigenvalue weighted by molar-refractivity contribution is -0.117. The minimum absolute atomic E-state index is 0.0510. The molecular weight excluding hydrogens is 226 g/mol. The van der Waals surface area contributed by atoms with E-state index in [4.69, 9.17) is 0 Å². The summed E-state index contributed by atoms with van der Waals surface area (Å²) in [5, 5.41) is 12.9. The first-order valence-corrected chi connectivity index (χ1v) is 7.17. The highest BCUT2D eigenvalue weighted by atomic mass is 16.3. The molecule has 0 saturated heterocycles. The highest BCUT2D eigenvalue weighted by molar-refractivity contribution is 5.87. The number of rotatable bonds is 5. The Kier molecular flexibility index (Phi) is 4.10. The summed E-state index contributed by atoms with van der Waals surface area (Å²) in [6.07, 6.45) is 5.27. The van der Waals surface area contributed by atoms with Crippen molar-refractivity contribution in [3.05, 3.63) is 12.7 Å². The first-order valence-electron chi connectivity index (χ1n) is 7.17. The molecule has 2 fully saturated rings. The van der Waals surface area contributed by atoms with Gasteiger partial charge in [0, 0.05) is 6.04 Å². The van der Waals surface area contributed by atoms with Crippen LogP contribution >= 0.6 is 0 Å². The molecule has 18 heavy (non-hydrogen) atoms. The Labute approximate surface area is 110 Å². The zero-order valence-electron chi connectivity index (χ0n) is 11.4. The fourth-order valence-electron chi connectivity index (χ4n) is 4.08. The summed E-state index contributed by atoms with van der Waals surface area (Å²) in [4.78, 5) is 11.4. The number of amides is 1. The third-order valence-corrected chi connectivity index (χ3v) is 5.13. The fraction of sp³-hybridized carbons (Fsp3) is 0.800. The van der Waals surface area contributed by atoms with Crippen molar-refractivity contribution >= 4 is 5.91 Å². The van der Waals surface area contributed by atoms with Crippen LogP contribution in [-0.4, -0.2) is 23.2 Å². The first kappa shape index (κ1) is 13.6. The van der Waals surface area contributed by atoms with E-state index >= 15 is 0 Å². The molecule has 102 valence electrons. The monoisotopic (exact) mass is 251 g/mol. The molecule has 2 rings (SSSR count). The molecule has 0 heterocycles. The number of aliphatic hydroxyl groups excluding tert-OH is 1. The Morgan fingerprint density at radius 2 is 2.28 bits per heavy atom. The average Bonchev–Trinajstić information content (AvgIpc) is 2.89. The standard InChI is InChI=1S/C15H25NO2/c1-4-11(17)8-12-9(3)13-6-10(12)7-14(13)16-15(18)5-2/h5,9-14,17H,2,4,6-8H2,1,3H3,(H,16,18). The first-order chi connectivity index (χ1) is 8.56. The van der Waals surface area contributed by atoms with Crippen LogP contribution in [-0.2, 0) is 4.79 Å². The Morgan fingerprint density at radius 1 is 1.56 bits per heavy atom. The van der Waals surface area contributed by atoms with Crippen molar-refractivity contribution in [2.75, 3.05) is 0 Å². The maximum atomic E-state index is 11.4. The van der Waals surface area contributed by atoms with Crippen LogP contribution in [0.1, 0.15) is 39.5 Å². The Balaban J connectivity index is 1.93. The molecule has 0 aromatic rings. The predicted molar refractivity (Wildman–Crippen MR) is 71.9 cm³/mol. The second-order valence-electron chi connectivity index (χ2n) is 6.04. The Hall–Kier alpha value is -0.830. The van der Waals surface area contributed by atoms with Crippen LogP contribution in [0.3, 0.4) is 0 Å². The third-order valence-electron chi connectivity index (χ3n) is 5.13. The highest BCUT2D eigenvalue weighted by Crippen LogP contribution is 2.53. The normalized spacial score (nSPS) is 39.6. The molecule has 2 aliphatic carbocycles. The van der Waals surface area contributed by atoms with Gasteiger partial charge >= 0.3 is 0 Å². The zero-order valence-corrected chi connectivity index (χ0v) is 11.4. The Bertz CT molecular complexity index is 326. The van der Waals surface area contributed by atoms with Crippen molar-refractivity contribution in [3.63, 3.8) is 0 Å². The lowest BCUT2D eigenvalue weighted by Crippen LogP contribution is -2.42. The van der Waals surface area contributed by atoms with Gasteiger partial charge in [-0.1, -0.05) is 20.4 Å². The van der Waals surface area contributed by atoms with E-state index in [2.05, 4.69) is 18.8 Å². The number of aliphatic hydroxyl groups is 1. The van der Waals surface area contributed by atoms with Gasteiger partial charge in [-0.05, 0) is 55.4 Å². The van der Waals surface area contributed by atoms with Gasteiger partial charge in [-0.3, -0.25) is 4.79 Å². The topological polar surface area (TPSA) is 49.3 Å². The van der Waals surface area contributed by atoms with E-state index in [9.17, 15) is 9.90 Å². The van der Waals surface area contributed by atoms with Crippen LogP contribution in [0.15, 0.2) is 12.7 Å². The molecule has 1 amide bonds. The van der Waals surface area contributed by atoms with Crippen molar-refractivity contribution in [1.29, 1.82) is 0 Å². The lowest BCUT2D eigenvalue weighted by atomic mass is 9.75. The molecule has 2 aliphatic rings. The minimum Gasteiger partial charge on any atom is -0.393 e. The molecular formula is C15H25NO2. The van der Waals surface area contributed by atoms with Crippen LogP contribution < -0.4 is 5.32 Å². The summed E-state index contributed by atoms with van der Waals surface area (Å²) in [5.74, 6) is 2.47. The van der Waals surface area contributed by atoms with Crippen molar-refractivity contribution in [2.24, 2.45) is 23.7 Å². The molecule has 0 aromatic carbocycles. The second kappa shape index (κ2) is 5.43. The summed E-state index contributed by atoms with van der Waals surface area (Å²) in [7, 11) is 0. The maximum absolute atomic E-state index is 11.4. The van der Waals surface area contributed by atoms with Gasteiger partial charge < -0.3 is 10.4 Å². The number of carbonyl (C=O) groups excluding carboxylic acids is 1. The van der Waals surface area contributed by atoms with E-state index < -0.39 is 0 Å². The van der Waals surface area contributed by atoms with E-state index in [1.165, 1.54) is 12.5 Å². The molecule has 6 atom stereocenters. The number of carbonyl (C=O) groups is 1. The average molecular weight is 251 g/mol. The van der Waals surface area contributed by atoms with Gasteiger partial charge in [-0.2, -0.15) is 0 Å².